The van der Waals surface area contributed by atoms with Crippen molar-refractivity contribution in [2.24, 2.45) is 17.4 Å². The number of hydrogen-bond donors (Lipinski definition) is 8. The van der Waals surface area contributed by atoms with Crippen molar-refractivity contribution in [2.45, 2.75) is 63.7 Å². The summed E-state index contributed by atoms with van der Waals surface area (Å²) in [5, 5.41) is 33.7. The van der Waals surface area contributed by atoms with Crippen LogP contribution in [0.2, 0.25) is 0 Å². The van der Waals surface area contributed by atoms with Gasteiger partial charge in [0.1, 0.15) is 18.1 Å². The molecule has 0 aromatic carbocycles. The lowest BCUT2D eigenvalue weighted by Gasteiger charge is -2.25. The first-order valence-corrected chi connectivity index (χ1v) is 9.86. The molecular weight excluding hydrogens is 414 g/mol. The quantitative estimate of drug-likeness (QED) is 0.119. The smallest absolute Gasteiger partial charge is 0.328 e. The maximum absolute atomic E-state index is 12.7. The Morgan fingerprint density at radius 1 is 0.839 bits per heavy atom. The molecule has 0 saturated carbocycles. The summed E-state index contributed by atoms with van der Waals surface area (Å²) < 4.78 is 0. The van der Waals surface area contributed by atoms with Gasteiger partial charge in [0, 0.05) is 0 Å². The van der Waals surface area contributed by atoms with Crippen molar-refractivity contribution in [1.82, 2.24) is 16.0 Å². The van der Waals surface area contributed by atoms with Crippen LogP contribution in [0.4, 0.5) is 0 Å². The number of rotatable bonds is 15. The van der Waals surface area contributed by atoms with E-state index < -0.39 is 66.9 Å². The summed E-state index contributed by atoms with van der Waals surface area (Å²) in [6.45, 7) is 2.87. The minimum Gasteiger partial charge on any atom is -0.481 e. The summed E-state index contributed by atoms with van der Waals surface area (Å²) in [4.78, 5) is 59.4. The third-order valence-corrected chi connectivity index (χ3v) is 4.41. The molecule has 0 fully saturated rings. The van der Waals surface area contributed by atoms with Crippen LogP contribution in [0.3, 0.4) is 0 Å². The average Bonchev–Trinajstić information content (AvgIpc) is 2.68. The highest BCUT2D eigenvalue weighted by Crippen LogP contribution is 2.06. The van der Waals surface area contributed by atoms with Crippen LogP contribution in [0.15, 0.2) is 0 Å². The molecule has 178 valence electrons. The molecule has 4 unspecified atom stereocenters. The number of aliphatic hydroxyl groups is 1. The maximum Gasteiger partial charge on any atom is 0.328 e. The first kappa shape index (κ1) is 28.2. The normalized spacial score (nSPS) is 14.8. The van der Waals surface area contributed by atoms with Crippen LogP contribution in [0.5, 0.6) is 0 Å². The molecule has 4 atom stereocenters. The molecule has 0 saturated heterocycles. The molecule has 0 radical (unpaired) electrons. The lowest BCUT2D eigenvalue weighted by molar-refractivity contribution is -0.144. The Kier molecular flexibility index (Phi) is 13.0. The SMILES string of the molecule is CC(C)C(N)C(=O)NC(CCCCN)C(=O)NC(CC(=O)O)C(=O)NC(CO)C(=O)O. The molecule has 0 rings (SSSR count). The fourth-order valence-corrected chi connectivity index (χ4v) is 2.45. The molecule has 0 aromatic heterocycles. The molecule has 13 nitrogen and oxygen atoms in total. The molecule has 31 heavy (non-hydrogen) atoms. The fraction of sp³-hybridized carbons (Fsp3) is 0.722. The first-order valence-electron chi connectivity index (χ1n) is 9.86. The lowest BCUT2D eigenvalue weighted by atomic mass is 10.0. The number of carboxylic acid groups (broad SMARTS) is 2. The number of amides is 3. The number of nitrogens with two attached hydrogens (primary N) is 2. The van der Waals surface area contributed by atoms with Gasteiger partial charge in [-0.15, -0.1) is 0 Å². The van der Waals surface area contributed by atoms with Gasteiger partial charge in [-0.3, -0.25) is 19.2 Å². The second kappa shape index (κ2) is 14.3. The van der Waals surface area contributed by atoms with Crippen LogP contribution < -0.4 is 27.4 Å². The van der Waals surface area contributed by atoms with Crippen molar-refractivity contribution in [3.63, 3.8) is 0 Å². The van der Waals surface area contributed by atoms with Gasteiger partial charge in [0.15, 0.2) is 0 Å². The maximum atomic E-state index is 12.7. The van der Waals surface area contributed by atoms with Crippen molar-refractivity contribution in [3.8, 4) is 0 Å². The van der Waals surface area contributed by atoms with Crippen LogP contribution in [0, 0.1) is 5.92 Å². The van der Waals surface area contributed by atoms with Gasteiger partial charge in [-0.25, -0.2) is 4.79 Å². The predicted molar refractivity (Wildman–Crippen MR) is 108 cm³/mol. The summed E-state index contributed by atoms with van der Waals surface area (Å²) in [5.74, 6) is -5.70. The van der Waals surface area contributed by atoms with Gasteiger partial charge < -0.3 is 42.7 Å². The average molecular weight is 447 g/mol. The summed E-state index contributed by atoms with van der Waals surface area (Å²) in [6, 6.07) is -5.30. The van der Waals surface area contributed by atoms with E-state index in [1.165, 1.54) is 0 Å². The van der Waals surface area contributed by atoms with Crippen molar-refractivity contribution in [1.29, 1.82) is 0 Å². The van der Waals surface area contributed by atoms with E-state index in [0.29, 0.717) is 19.4 Å². The highest BCUT2D eigenvalue weighted by Gasteiger charge is 2.31. The lowest BCUT2D eigenvalue weighted by Crippen LogP contribution is -2.58. The number of aliphatic hydroxyl groups excluding tert-OH is 1. The number of carboxylic acids is 2. The zero-order valence-electron chi connectivity index (χ0n) is 17.7. The Labute approximate surface area is 179 Å². The van der Waals surface area contributed by atoms with Gasteiger partial charge >= 0.3 is 11.9 Å². The number of hydrogen-bond acceptors (Lipinski definition) is 8. The van der Waals surface area contributed by atoms with Gasteiger partial charge in [0.2, 0.25) is 17.7 Å². The van der Waals surface area contributed by atoms with E-state index in [1.54, 1.807) is 13.8 Å². The summed E-state index contributed by atoms with van der Waals surface area (Å²) >= 11 is 0. The highest BCUT2D eigenvalue weighted by atomic mass is 16.4. The summed E-state index contributed by atoms with van der Waals surface area (Å²) in [6.07, 6.45) is 0.346. The predicted octanol–water partition coefficient (Wildman–Crippen LogP) is -2.90. The van der Waals surface area contributed by atoms with E-state index in [4.69, 9.17) is 26.8 Å². The van der Waals surface area contributed by atoms with Gasteiger partial charge in [0.05, 0.1) is 19.1 Å². The van der Waals surface area contributed by atoms with E-state index in [0.717, 1.165) is 0 Å². The summed E-state index contributed by atoms with van der Waals surface area (Å²) in [7, 11) is 0. The Morgan fingerprint density at radius 2 is 1.35 bits per heavy atom. The Balaban J connectivity index is 5.43. The minimum absolute atomic E-state index is 0.162. The molecule has 0 spiro atoms. The van der Waals surface area contributed by atoms with Gasteiger partial charge in [-0.05, 0) is 31.7 Å². The first-order chi connectivity index (χ1) is 14.4. The molecule has 10 N–H and O–H groups in total. The minimum atomic E-state index is -1.68. The Hall–Kier alpha value is -2.77. The van der Waals surface area contributed by atoms with E-state index >= 15 is 0 Å². The molecule has 0 aliphatic carbocycles. The van der Waals surface area contributed by atoms with Crippen molar-refractivity contribution in [2.75, 3.05) is 13.2 Å². The number of nitrogens with one attached hydrogen (secondary N) is 3. The fourth-order valence-electron chi connectivity index (χ4n) is 2.45. The van der Waals surface area contributed by atoms with Crippen molar-refractivity contribution >= 4 is 29.7 Å². The zero-order valence-corrected chi connectivity index (χ0v) is 17.7. The zero-order chi connectivity index (χ0) is 24.1. The monoisotopic (exact) mass is 447 g/mol. The van der Waals surface area contributed by atoms with Crippen LogP contribution in [0.25, 0.3) is 0 Å². The van der Waals surface area contributed by atoms with Crippen molar-refractivity contribution in [3.05, 3.63) is 0 Å². The third kappa shape index (κ3) is 10.7. The molecule has 0 aliphatic rings. The highest BCUT2D eigenvalue weighted by molar-refractivity contribution is 5.95. The number of carbonyl (C=O) groups is 5. The Bertz CT molecular complexity index is 642. The number of unbranched alkanes of at least 4 members (excludes halogenated alkanes) is 1. The van der Waals surface area contributed by atoms with E-state index in [2.05, 4.69) is 10.6 Å². The van der Waals surface area contributed by atoms with Crippen LogP contribution in [-0.2, 0) is 24.0 Å². The van der Waals surface area contributed by atoms with E-state index in [9.17, 15) is 24.0 Å². The third-order valence-electron chi connectivity index (χ3n) is 4.41. The topological polar surface area (TPSA) is 234 Å². The Morgan fingerprint density at radius 3 is 1.81 bits per heavy atom. The molecule has 3 amide bonds. The largest absolute Gasteiger partial charge is 0.481 e. The molecule has 0 aromatic rings. The molecule has 0 bridgehead atoms. The van der Waals surface area contributed by atoms with E-state index in [1.807, 2.05) is 5.32 Å². The van der Waals surface area contributed by atoms with Gasteiger partial charge in [-0.1, -0.05) is 13.8 Å². The van der Waals surface area contributed by atoms with Crippen molar-refractivity contribution < 1.29 is 39.3 Å². The van der Waals surface area contributed by atoms with Crippen LogP contribution in [0.1, 0.15) is 39.5 Å². The molecular formula is C18H33N5O8. The molecule has 0 aliphatic heterocycles. The van der Waals surface area contributed by atoms with Gasteiger partial charge in [-0.2, -0.15) is 0 Å². The summed E-state index contributed by atoms with van der Waals surface area (Å²) in [5.41, 5.74) is 11.2. The van der Waals surface area contributed by atoms with Crippen LogP contribution in [-0.4, -0.2) is 82.3 Å². The number of aliphatic carboxylic acids is 2. The molecule has 13 heteroatoms. The second-order valence-corrected chi connectivity index (χ2v) is 7.36. The second-order valence-electron chi connectivity index (χ2n) is 7.36. The molecule has 0 heterocycles. The van der Waals surface area contributed by atoms with Crippen LogP contribution >= 0.6 is 0 Å². The standard InChI is InChI=1S/C18H33N5O8/c1-9(2)14(20)17(29)21-10(5-3-4-6-19)15(27)22-11(7-13(25)26)16(28)23-12(8-24)18(30)31/h9-12,14,24H,3-8,19-20H2,1-2H3,(H,21,29)(H,22,27)(H,23,28)(H,25,26)(H,30,31). The number of carbonyl (C=O) groups excluding carboxylic acids is 3. The van der Waals surface area contributed by atoms with Gasteiger partial charge in [0.25, 0.3) is 0 Å². The van der Waals surface area contributed by atoms with E-state index in [-0.39, 0.29) is 12.3 Å².